The Bertz CT molecular complexity index is 1440. The molecule has 2 heterocycles. The zero-order valence-electron chi connectivity index (χ0n) is 21.6. The van der Waals surface area contributed by atoms with E-state index in [1.807, 2.05) is 49.4 Å². The number of methoxy groups -OCH3 is 2. The zero-order chi connectivity index (χ0) is 26.8. The molecule has 0 aliphatic carbocycles. The van der Waals surface area contributed by atoms with Crippen molar-refractivity contribution < 1.29 is 28.5 Å². The highest BCUT2D eigenvalue weighted by Gasteiger charge is 2.28. The summed E-state index contributed by atoms with van der Waals surface area (Å²) in [5, 5.41) is 3.03. The fourth-order valence-corrected chi connectivity index (χ4v) is 5.41. The minimum Gasteiger partial charge on any atom is -0.493 e. The van der Waals surface area contributed by atoms with E-state index in [1.165, 1.54) is 11.8 Å². The Morgan fingerprint density at radius 1 is 1.00 bits per heavy atom. The first-order chi connectivity index (χ1) is 18.4. The molecule has 0 unspecified atom stereocenters. The van der Waals surface area contributed by atoms with Crippen LogP contribution in [0.3, 0.4) is 0 Å². The van der Waals surface area contributed by atoms with Gasteiger partial charge in [0.25, 0.3) is 11.8 Å². The molecule has 0 spiro atoms. The number of anilines is 1. The lowest BCUT2D eigenvalue weighted by Gasteiger charge is -2.27. The van der Waals surface area contributed by atoms with E-state index in [-0.39, 0.29) is 17.9 Å². The van der Waals surface area contributed by atoms with Crippen LogP contribution in [-0.2, 0) is 4.79 Å². The molecule has 3 aromatic carbocycles. The fourth-order valence-electron chi connectivity index (χ4n) is 4.32. The van der Waals surface area contributed by atoms with Gasteiger partial charge in [0, 0.05) is 17.5 Å². The smallest absolute Gasteiger partial charge is 0.264 e. The number of fused-ring (bicyclic) bond motifs is 2. The van der Waals surface area contributed by atoms with Gasteiger partial charge in [-0.3, -0.25) is 9.59 Å². The van der Waals surface area contributed by atoms with Crippen molar-refractivity contribution in [3.63, 3.8) is 0 Å². The van der Waals surface area contributed by atoms with Gasteiger partial charge in [0.05, 0.1) is 30.9 Å². The third-order valence-electron chi connectivity index (χ3n) is 6.44. The molecule has 0 bridgehead atoms. The van der Waals surface area contributed by atoms with Crippen molar-refractivity contribution in [1.29, 1.82) is 0 Å². The molecule has 2 aliphatic heterocycles. The Hall–Kier alpha value is -4.11. The van der Waals surface area contributed by atoms with Crippen molar-refractivity contribution >= 4 is 35.3 Å². The van der Waals surface area contributed by atoms with Crippen LogP contribution >= 0.6 is 11.8 Å². The second-order valence-electron chi connectivity index (χ2n) is 8.87. The second-order valence-corrected chi connectivity index (χ2v) is 9.95. The predicted molar refractivity (Wildman–Crippen MR) is 147 cm³/mol. The van der Waals surface area contributed by atoms with Crippen LogP contribution in [-0.4, -0.2) is 46.3 Å². The van der Waals surface area contributed by atoms with Gasteiger partial charge in [-0.15, -0.1) is 0 Å². The van der Waals surface area contributed by atoms with Crippen molar-refractivity contribution in [3.8, 4) is 23.0 Å². The Balaban J connectivity index is 1.34. The summed E-state index contributed by atoms with van der Waals surface area (Å²) in [6.45, 7) is 2.94. The average Bonchev–Trinajstić information content (AvgIpc) is 2.95. The van der Waals surface area contributed by atoms with Crippen molar-refractivity contribution in [2.75, 3.05) is 39.4 Å². The van der Waals surface area contributed by atoms with Crippen LogP contribution in [0.25, 0.3) is 6.08 Å². The van der Waals surface area contributed by atoms with Crippen LogP contribution in [0.5, 0.6) is 23.0 Å². The highest BCUT2D eigenvalue weighted by atomic mass is 32.2. The van der Waals surface area contributed by atoms with E-state index >= 15 is 0 Å². The molecular formula is C29H28N2O6S. The number of nitrogens with one attached hydrogen (secondary N) is 1. The Morgan fingerprint density at radius 3 is 2.53 bits per heavy atom. The van der Waals surface area contributed by atoms with Crippen LogP contribution < -0.4 is 29.2 Å². The molecule has 1 N–H and O–H groups in total. The summed E-state index contributed by atoms with van der Waals surface area (Å²) >= 11 is 1.37. The first-order valence-electron chi connectivity index (χ1n) is 12.1. The molecule has 2 aliphatic rings. The minimum atomic E-state index is -0.251. The average molecular weight is 533 g/mol. The van der Waals surface area contributed by atoms with Crippen LogP contribution in [0.4, 0.5) is 5.69 Å². The lowest BCUT2D eigenvalue weighted by molar-refractivity contribution is -0.114. The molecule has 0 fully saturated rings. The van der Waals surface area contributed by atoms with Crippen LogP contribution in [0.15, 0.2) is 64.4 Å². The summed E-state index contributed by atoms with van der Waals surface area (Å²) < 4.78 is 21.9. The normalized spacial score (nSPS) is 16.1. The van der Waals surface area contributed by atoms with E-state index in [4.69, 9.17) is 18.9 Å². The predicted octanol–water partition coefficient (Wildman–Crippen LogP) is 5.08. The number of nitrogens with zero attached hydrogens (tertiary/aromatic N) is 1. The molecule has 1 atom stereocenters. The molecule has 0 saturated heterocycles. The quantitative estimate of drug-likeness (QED) is 0.444. The molecular weight excluding hydrogens is 504 g/mol. The summed E-state index contributed by atoms with van der Waals surface area (Å²) in [6, 6.07) is 16.3. The number of thioether (sulfide) groups is 1. The van der Waals surface area contributed by atoms with Gasteiger partial charge in [0.2, 0.25) is 0 Å². The number of likely N-dealkylation sites (N-methyl/N-ethyl adjacent to an activating group) is 1. The van der Waals surface area contributed by atoms with Gasteiger partial charge in [-0.25, -0.2) is 0 Å². The van der Waals surface area contributed by atoms with Gasteiger partial charge in [0.1, 0.15) is 13.2 Å². The van der Waals surface area contributed by atoms with Crippen LogP contribution in [0.2, 0.25) is 0 Å². The largest absolute Gasteiger partial charge is 0.493 e. The molecule has 8 nitrogen and oxygen atoms in total. The molecule has 9 heteroatoms. The number of rotatable bonds is 6. The van der Waals surface area contributed by atoms with Crippen molar-refractivity contribution in [2.45, 2.75) is 17.9 Å². The number of hydrogen-bond donors (Lipinski definition) is 1. The third-order valence-corrected chi connectivity index (χ3v) is 7.51. The monoisotopic (exact) mass is 532 g/mol. The molecule has 0 aromatic heterocycles. The first kappa shape index (κ1) is 25.5. The van der Waals surface area contributed by atoms with E-state index in [0.29, 0.717) is 52.4 Å². The number of ether oxygens (including phenoxy) is 4. The van der Waals surface area contributed by atoms with Crippen LogP contribution in [0, 0.1) is 0 Å². The summed E-state index contributed by atoms with van der Waals surface area (Å²) in [4.78, 5) is 29.3. The van der Waals surface area contributed by atoms with Gasteiger partial charge in [-0.05, 0) is 66.6 Å². The molecule has 5 rings (SSSR count). The fraction of sp³-hybridized carbons (Fsp3) is 0.241. The lowest BCUT2D eigenvalue weighted by Crippen LogP contribution is -2.31. The standard InChI is InChI=1S/C29H28N2O6S/c1-17(19-6-9-23-25(16-19)37-12-11-36-23)30-28(32)20-7-10-26-21(15-20)31(2)29(33)27(38-26)14-18-5-8-22(34-3)24(13-18)35-4/h5-10,13-17H,11-12H2,1-4H3,(H,30,32)/b27-14-/t17-/m1/s1. The van der Waals surface area contributed by atoms with Gasteiger partial charge >= 0.3 is 0 Å². The number of hydrogen-bond acceptors (Lipinski definition) is 7. The van der Waals surface area contributed by atoms with E-state index < -0.39 is 0 Å². The maximum absolute atomic E-state index is 13.2. The summed E-state index contributed by atoms with van der Waals surface area (Å²) in [5.74, 6) is 2.21. The highest BCUT2D eigenvalue weighted by molar-refractivity contribution is 8.04. The van der Waals surface area contributed by atoms with E-state index in [0.717, 1.165) is 16.0 Å². The number of carbonyl (C=O) groups is 2. The van der Waals surface area contributed by atoms with Crippen molar-refractivity contribution in [2.24, 2.45) is 0 Å². The SMILES string of the molecule is COc1ccc(/C=C2\Sc3ccc(C(=O)N[C@H](C)c4ccc5c(c4)OCCO5)cc3N(C)C2=O)cc1OC. The van der Waals surface area contributed by atoms with E-state index in [2.05, 4.69) is 5.32 Å². The van der Waals surface area contributed by atoms with Gasteiger partial charge in [-0.2, -0.15) is 0 Å². The topological polar surface area (TPSA) is 86.3 Å². The Morgan fingerprint density at radius 2 is 1.76 bits per heavy atom. The number of benzene rings is 3. The van der Waals surface area contributed by atoms with E-state index in [1.54, 1.807) is 44.4 Å². The Labute approximate surface area is 225 Å². The first-order valence-corrected chi connectivity index (χ1v) is 12.9. The molecule has 0 saturated carbocycles. The third kappa shape index (κ3) is 5.02. The summed E-state index contributed by atoms with van der Waals surface area (Å²) in [6.07, 6.45) is 1.82. The highest BCUT2D eigenvalue weighted by Crippen LogP contribution is 2.42. The molecule has 3 aromatic rings. The number of amides is 2. The summed E-state index contributed by atoms with van der Waals surface area (Å²) in [7, 11) is 4.86. The maximum Gasteiger partial charge on any atom is 0.264 e. The van der Waals surface area contributed by atoms with Gasteiger partial charge in [0.15, 0.2) is 23.0 Å². The van der Waals surface area contributed by atoms with E-state index in [9.17, 15) is 9.59 Å². The number of carbonyl (C=O) groups excluding carboxylic acids is 2. The second kappa shape index (κ2) is 10.7. The molecule has 196 valence electrons. The van der Waals surface area contributed by atoms with Crippen molar-refractivity contribution in [1.82, 2.24) is 5.32 Å². The van der Waals surface area contributed by atoms with Crippen molar-refractivity contribution in [3.05, 3.63) is 76.2 Å². The molecule has 2 amide bonds. The van der Waals surface area contributed by atoms with Crippen LogP contribution in [0.1, 0.15) is 34.5 Å². The summed E-state index contributed by atoms with van der Waals surface area (Å²) in [5.41, 5.74) is 2.89. The molecule has 0 radical (unpaired) electrons. The Kier molecular flexibility index (Phi) is 7.20. The molecule has 38 heavy (non-hydrogen) atoms. The maximum atomic E-state index is 13.2. The van der Waals surface area contributed by atoms with Gasteiger partial charge < -0.3 is 29.2 Å². The lowest BCUT2D eigenvalue weighted by atomic mass is 10.1. The van der Waals surface area contributed by atoms with Gasteiger partial charge in [-0.1, -0.05) is 23.9 Å². The zero-order valence-corrected chi connectivity index (χ0v) is 22.4. The minimum absolute atomic E-state index is 0.153.